The van der Waals surface area contributed by atoms with Crippen LogP contribution in [0.15, 0.2) is 23.3 Å². The van der Waals surface area contributed by atoms with Crippen LogP contribution in [-0.2, 0) is 14.3 Å². The van der Waals surface area contributed by atoms with Crippen LogP contribution in [0, 0.1) is 34.5 Å². The van der Waals surface area contributed by atoms with Gasteiger partial charge in [-0.05, 0) is 61.5 Å². The van der Waals surface area contributed by atoms with Gasteiger partial charge in [0.1, 0.15) is 17.8 Å². The zero-order valence-electron chi connectivity index (χ0n) is 17.7. The van der Waals surface area contributed by atoms with Gasteiger partial charge in [-0.3, -0.25) is 4.79 Å². The number of allylic oxidation sites excluding steroid dienone is 1. The number of hydrogen-bond acceptors (Lipinski definition) is 5. The maximum atomic E-state index is 14.1. The van der Waals surface area contributed by atoms with E-state index >= 15 is 0 Å². The zero-order chi connectivity index (χ0) is 20.4. The van der Waals surface area contributed by atoms with E-state index in [2.05, 4.69) is 20.8 Å². The number of ketones is 1. The van der Waals surface area contributed by atoms with Gasteiger partial charge >= 0.3 is 0 Å². The molecule has 0 aromatic carbocycles. The molecule has 2 bridgehead atoms. The fourth-order valence-electron chi connectivity index (χ4n) is 7.14. The average Bonchev–Trinajstić information content (AvgIpc) is 3.10. The van der Waals surface area contributed by atoms with E-state index in [4.69, 9.17) is 9.47 Å². The molecule has 1 aliphatic heterocycles. The van der Waals surface area contributed by atoms with Crippen LogP contribution in [0.3, 0.4) is 0 Å². The summed E-state index contributed by atoms with van der Waals surface area (Å²) >= 11 is 0. The predicted octanol–water partition coefficient (Wildman–Crippen LogP) is 2.61. The topological polar surface area (TPSA) is 76.0 Å². The Hall–Kier alpha value is -1.01. The maximum absolute atomic E-state index is 14.1. The molecule has 1 unspecified atom stereocenters. The van der Waals surface area contributed by atoms with Crippen molar-refractivity contribution in [3.8, 4) is 0 Å². The molecule has 0 aromatic heterocycles. The Kier molecular flexibility index (Phi) is 3.51. The van der Waals surface area contributed by atoms with Gasteiger partial charge < -0.3 is 19.7 Å². The Morgan fingerprint density at radius 2 is 1.89 bits per heavy atom. The number of rotatable bonds is 0. The number of carbonyl (C=O) groups excluding carboxylic acids is 1. The highest BCUT2D eigenvalue weighted by atomic mass is 16.7. The van der Waals surface area contributed by atoms with Crippen molar-refractivity contribution >= 4 is 5.78 Å². The van der Waals surface area contributed by atoms with Gasteiger partial charge in [-0.2, -0.15) is 0 Å². The molecule has 3 fully saturated rings. The third-order valence-corrected chi connectivity index (χ3v) is 8.71. The standard InChI is InChI=1S/C23H32O5/c1-11-9-22-12(2)7-15-16(20(15,3)4)14(18(22)25)8-13-10-27-21(5,6)28-19(13)23(22,26)17(11)24/h8-9,12,14-17,19,24,26H,7,10H2,1-6H3/t12?,14-,15+,16-,17-,19+,22+,23+/m0/s1. The van der Waals surface area contributed by atoms with Crippen LogP contribution in [0.4, 0.5) is 0 Å². The molecule has 5 rings (SSSR count). The highest BCUT2D eigenvalue weighted by molar-refractivity contribution is 5.95. The molecule has 4 aliphatic carbocycles. The molecule has 8 atom stereocenters. The van der Waals surface area contributed by atoms with Gasteiger partial charge in [0.25, 0.3) is 0 Å². The lowest BCUT2D eigenvalue weighted by molar-refractivity contribution is -0.303. The first kappa shape index (κ1) is 19.0. The van der Waals surface area contributed by atoms with Crippen LogP contribution in [0.1, 0.15) is 48.0 Å². The maximum Gasteiger partial charge on any atom is 0.164 e. The zero-order valence-corrected chi connectivity index (χ0v) is 17.7. The van der Waals surface area contributed by atoms with Gasteiger partial charge in [0, 0.05) is 5.92 Å². The molecule has 5 nitrogen and oxygen atoms in total. The lowest BCUT2D eigenvalue weighted by Crippen LogP contribution is -2.67. The lowest BCUT2D eigenvalue weighted by Gasteiger charge is -2.52. The summed E-state index contributed by atoms with van der Waals surface area (Å²) in [5.41, 5.74) is -1.29. The van der Waals surface area contributed by atoms with E-state index in [0.717, 1.165) is 12.0 Å². The second-order valence-corrected chi connectivity index (χ2v) is 10.9. The molecule has 1 spiro atoms. The normalized spacial score (nSPS) is 53.1. The number of hydrogen-bond donors (Lipinski definition) is 2. The Morgan fingerprint density at radius 3 is 2.57 bits per heavy atom. The van der Waals surface area contributed by atoms with Crippen molar-refractivity contribution in [1.29, 1.82) is 0 Å². The van der Waals surface area contributed by atoms with Crippen molar-refractivity contribution < 1.29 is 24.5 Å². The fourth-order valence-corrected chi connectivity index (χ4v) is 7.14. The minimum atomic E-state index is -1.71. The van der Waals surface area contributed by atoms with E-state index < -0.39 is 29.0 Å². The molecule has 0 amide bonds. The highest BCUT2D eigenvalue weighted by Gasteiger charge is 2.76. The molecule has 5 aliphatic rings. The van der Waals surface area contributed by atoms with Crippen LogP contribution in [0.5, 0.6) is 0 Å². The monoisotopic (exact) mass is 388 g/mol. The summed E-state index contributed by atoms with van der Waals surface area (Å²) in [6.07, 6.45) is 2.85. The number of Topliss-reactive ketones (excluding diaryl/α,β-unsaturated/α-hetero) is 1. The molecule has 5 heteroatoms. The highest BCUT2D eigenvalue weighted by Crippen LogP contribution is 2.72. The summed E-state index contributed by atoms with van der Waals surface area (Å²) in [7, 11) is 0. The van der Waals surface area contributed by atoms with Crippen molar-refractivity contribution in [3.05, 3.63) is 23.3 Å². The van der Waals surface area contributed by atoms with Gasteiger partial charge in [-0.25, -0.2) is 0 Å². The summed E-state index contributed by atoms with van der Waals surface area (Å²) in [6.45, 7) is 12.3. The first-order chi connectivity index (χ1) is 12.9. The fraction of sp³-hybridized carbons (Fsp3) is 0.783. The van der Waals surface area contributed by atoms with Gasteiger partial charge in [0.05, 0.1) is 12.0 Å². The van der Waals surface area contributed by atoms with Crippen molar-refractivity contribution in [2.75, 3.05) is 6.61 Å². The quantitative estimate of drug-likeness (QED) is 0.624. The first-order valence-corrected chi connectivity index (χ1v) is 10.5. The minimum absolute atomic E-state index is 0.0415. The van der Waals surface area contributed by atoms with Crippen LogP contribution >= 0.6 is 0 Å². The Morgan fingerprint density at radius 1 is 1.21 bits per heavy atom. The average molecular weight is 389 g/mol. The van der Waals surface area contributed by atoms with Crippen molar-refractivity contribution in [2.45, 2.75) is 71.6 Å². The summed E-state index contributed by atoms with van der Waals surface area (Å²) in [5, 5.41) is 23.4. The van der Waals surface area contributed by atoms with Crippen molar-refractivity contribution in [1.82, 2.24) is 0 Å². The van der Waals surface area contributed by atoms with Crippen LogP contribution < -0.4 is 0 Å². The minimum Gasteiger partial charge on any atom is -0.386 e. The molecule has 154 valence electrons. The van der Waals surface area contributed by atoms with E-state index in [1.807, 2.05) is 32.9 Å². The van der Waals surface area contributed by atoms with Crippen LogP contribution in [0.25, 0.3) is 0 Å². The van der Waals surface area contributed by atoms with E-state index in [0.29, 0.717) is 18.1 Å². The lowest BCUT2D eigenvalue weighted by atomic mass is 9.59. The van der Waals surface area contributed by atoms with Crippen molar-refractivity contribution in [2.24, 2.45) is 34.5 Å². The third kappa shape index (κ3) is 1.95. The number of aliphatic hydroxyl groups excluding tert-OH is 1. The molecule has 28 heavy (non-hydrogen) atoms. The van der Waals surface area contributed by atoms with E-state index in [1.54, 1.807) is 0 Å². The summed E-state index contributed by atoms with van der Waals surface area (Å²) < 4.78 is 12.1. The number of carbonyl (C=O) groups is 1. The van der Waals surface area contributed by atoms with E-state index in [1.165, 1.54) is 0 Å². The summed E-state index contributed by atoms with van der Waals surface area (Å²) in [6, 6.07) is 0. The van der Waals surface area contributed by atoms with Crippen LogP contribution in [-0.4, -0.2) is 46.2 Å². The Labute approximate surface area is 166 Å². The van der Waals surface area contributed by atoms with E-state index in [-0.39, 0.29) is 29.0 Å². The molecular weight excluding hydrogens is 356 g/mol. The summed E-state index contributed by atoms with van der Waals surface area (Å²) in [5.74, 6) is -0.504. The van der Waals surface area contributed by atoms with Gasteiger partial charge in [-0.15, -0.1) is 0 Å². The molecule has 0 aromatic rings. The summed E-state index contributed by atoms with van der Waals surface area (Å²) in [4.78, 5) is 14.1. The molecular formula is C23H32O5. The van der Waals surface area contributed by atoms with Gasteiger partial charge in [0.2, 0.25) is 0 Å². The number of fused-ring (bicyclic) bond motifs is 5. The second-order valence-electron chi connectivity index (χ2n) is 10.9. The van der Waals surface area contributed by atoms with Gasteiger partial charge in [0.15, 0.2) is 11.6 Å². The first-order valence-electron chi connectivity index (χ1n) is 10.5. The van der Waals surface area contributed by atoms with Crippen molar-refractivity contribution in [3.63, 3.8) is 0 Å². The molecule has 2 saturated carbocycles. The smallest absolute Gasteiger partial charge is 0.164 e. The molecule has 1 saturated heterocycles. The second kappa shape index (κ2) is 5.18. The number of aliphatic hydroxyl groups is 2. The van der Waals surface area contributed by atoms with E-state index in [9.17, 15) is 15.0 Å². The molecule has 2 N–H and O–H groups in total. The molecule has 1 heterocycles. The predicted molar refractivity (Wildman–Crippen MR) is 103 cm³/mol. The number of ether oxygens (including phenoxy) is 2. The molecule has 0 radical (unpaired) electrons. The Bertz CT molecular complexity index is 823. The SMILES string of the molecule is CC1=C[C@@]23C(=O)[C@@H](C=C4COC(C)(C)O[C@H]4[C@]2(O)[C@H]1O)[C@H]1[C@@H](CC3C)C1(C)C. The Balaban J connectivity index is 1.77. The largest absolute Gasteiger partial charge is 0.386 e. The third-order valence-electron chi connectivity index (χ3n) is 8.71. The van der Waals surface area contributed by atoms with Gasteiger partial charge in [-0.1, -0.05) is 32.9 Å². The van der Waals surface area contributed by atoms with Crippen LogP contribution in [0.2, 0.25) is 0 Å².